The van der Waals surface area contributed by atoms with E-state index in [2.05, 4.69) is 20.9 Å². The Kier molecular flexibility index (Phi) is 5.31. The van der Waals surface area contributed by atoms with Crippen LogP contribution >= 0.6 is 27.3 Å². The summed E-state index contributed by atoms with van der Waals surface area (Å²) in [5.74, 6) is -0.127. The van der Waals surface area contributed by atoms with Crippen molar-refractivity contribution in [1.82, 2.24) is 9.88 Å². The van der Waals surface area contributed by atoms with Crippen molar-refractivity contribution in [3.8, 4) is 0 Å². The summed E-state index contributed by atoms with van der Waals surface area (Å²) < 4.78 is 19.5. The summed E-state index contributed by atoms with van der Waals surface area (Å²) in [6.45, 7) is 2.56. The molecule has 6 nitrogen and oxygen atoms in total. The number of hydrogen-bond donors (Lipinski definition) is 1. The third kappa shape index (κ3) is 3.38. The standard InChI is InChI=1S/C19H18BrFN4O2S/c1-2-27-19(26)15-14-8-11(22)9-25(14)17(18-23-5-6-28-18)24-16(15)12-4-3-10(21)7-13(12)20/h3-7,11,16H,2,8-9,22H2,1H3/t11-,16+/m1/s1. The summed E-state index contributed by atoms with van der Waals surface area (Å²) in [7, 11) is 0. The molecule has 2 atom stereocenters. The van der Waals surface area contributed by atoms with Crippen molar-refractivity contribution in [3.05, 3.63) is 61.9 Å². The van der Waals surface area contributed by atoms with Gasteiger partial charge in [-0.25, -0.2) is 14.2 Å². The first kappa shape index (κ1) is 19.2. The predicted molar refractivity (Wildman–Crippen MR) is 108 cm³/mol. The Morgan fingerprint density at radius 3 is 3.00 bits per heavy atom. The molecule has 2 aliphatic heterocycles. The Morgan fingerprint density at radius 1 is 1.50 bits per heavy atom. The van der Waals surface area contributed by atoms with Crippen LogP contribution in [0, 0.1) is 5.82 Å². The van der Waals surface area contributed by atoms with E-state index in [0.717, 1.165) is 10.7 Å². The van der Waals surface area contributed by atoms with Gasteiger partial charge in [0.25, 0.3) is 0 Å². The SMILES string of the molecule is CCOC(=O)C1=C2C[C@@H](N)CN2C(c2nccs2)=N[C@H]1c1ccc(F)cc1Br. The van der Waals surface area contributed by atoms with Crippen molar-refractivity contribution in [2.75, 3.05) is 13.2 Å². The predicted octanol–water partition coefficient (Wildman–Crippen LogP) is 3.40. The molecule has 0 unspecified atom stereocenters. The molecule has 0 radical (unpaired) electrons. The van der Waals surface area contributed by atoms with Gasteiger partial charge in [-0.3, -0.25) is 4.99 Å². The number of aliphatic imine (C=N–C) groups is 1. The summed E-state index contributed by atoms with van der Waals surface area (Å²) in [5, 5.41) is 2.62. The molecule has 3 heterocycles. The van der Waals surface area contributed by atoms with Crippen molar-refractivity contribution < 1.29 is 13.9 Å². The first-order valence-electron chi connectivity index (χ1n) is 8.85. The van der Waals surface area contributed by atoms with E-state index in [-0.39, 0.29) is 18.5 Å². The van der Waals surface area contributed by atoms with Crippen molar-refractivity contribution in [2.24, 2.45) is 10.7 Å². The second-order valence-corrected chi connectivity index (χ2v) is 8.26. The minimum Gasteiger partial charge on any atom is -0.463 e. The van der Waals surface area contributed by atoms with E-state index >= 15 is 0 Å². The number of carbonyl (C=O) groups excluding carboxylic acids is 1. The number of hydrogen-bond acceptors (Lipinski definition) is 7. The number of benzene rings is 1. The van der Waals surface area contributed by atoms with Gasteiger partial charge in [0.1, 0.15) is 11.9 Å². The van der Waals surface area contributed by atoms with Crippen LogP contribution in [0.2, 0.25) is 0 Å². The number of rotatable bonds is 4. The zero-order valence-electron chi connectivity index (χ0n) is 15.1. The number of fused-ring (bicyclic) bond motifs is 1. The van der Waals surface area contributed by atoms with Crippen LogP contribution in [-0.4, -0.2) is 40.9 Å². The van der Waals surface area contributed by atoms with E-state index in [0.29, 0.717) is 34.4 Å². The van der Waals surface area contributed by atoms with Gasteiger partial charge in [-0.1, -0.05) is 22.0 Å². The van der Waals surface area contributed by atoms with Crippen LogP contribution < -0.4 is 5.73 Å². The molecule has 0 amide bonds. The van der Waals surface area contributed by atoms with Crippen LogP contribution in [0.5, 0.6) is 0 Å². The fourth-order valence-corrected chi connectivity index (χ4v) is 4.75. The monoisotopic (exact) mass is 464 g/mol. The van der Waals surface area contributed by atoms with Crippen LogP contribution in [0.25, 0.3) is 0 Å². The third-order valence-electron chi connectivity index (χ3n) is 4.67. The number of ether oxygens (including phenoxy) is 1. The molecule has 1 fully saturated rings. The fourth-order valence-electron chi connectivity index (χ4n) is 3.54. The van der Waals surface area contributed by atoms with Crippen molar-refractivity contribution in [2.45, 2.75) is 25.4 Å². The van der Waals surface area contributed by atoms with Crippen LogP contribution in [0.4, 0.5) is 4.39 Å². The van der Waals surface area contributed by atoms with E-state index in [1.165, 1.54) is 23.5 Å². The maximum absolute atomic E-state index is 13.7. The lowest BCUT2D eigenvalue weighted by Crippen LogP contribution is -2.36. The number of nitrogens with two attached hydrogens (primary N) is 1. The molecule has 9 heteroatoms. The number of halogens is 2. The largest absolute Gasteiger partial charge is 0.463 e. The highest BCUT2D eigenvalue weighted by Crippen LogP contribution is 2.42. The van der Waals surface area contributed by atoms with E-state index in [9.17, 15) is 9.18 Å². The van der Waals surface area contributed by atoms with Gasteiger partial charge < -0.3 is 15.4 Å². The van der Waals surface area contributed by atoms with E-state index in [1.807, 2.05) is 10.3 Å². The summed E-state index contributed by atoms with van der Waals surface area (Å²) in [5.41, 5.74) is 8.15. The van der Waals surface area contributed by atoms with Gasteiger partial charge in [0.2, 0.25) is 0 Å². The maximum atomic E-state index is 13.7. The molecule has 2 aliphatic rings. The maximum Gasteiger partial charge on any atom is 0.338 e. The normalized spacial score (nSPS) is 21.6. The highest BCUT2D eigenvalue weighted by molar-refractivity contribution is 9.10. The zero-order chi connectivity index (χ0) is 19.8. The Morgan fingerprint density at radius 2 is 2.32 bits per heavy atom. The Balaban J connectivity index is 1.91. The molecule has 1 aromatic carbocycles. The van der Waals surface area contributed by atoms with Gasteiger partial charge in [0.15, 0.2) is 10.8 Å². The zero-order valence-corrected chi connectivity index (χ0v) is 17.5. The number of carbonyl (C=O) groups is 1. The van der Waals surface area contributed by atoms with Gasteiger partial charge in [-0.2, -0.15) is 0 Å². The van der Waals surface area contributed by atoms with Gasteiger partial charge in [0, 0.05) is 40.8 Å². The Bertz CT molecular complexity index is 976. The lowest BCUT2D eigenvalue weighted by molar-refractivity contribution is -0.139. The molecule has 1 aromatic heterocycles. The van der Waals surface area contributed by atoms with Gasteiger partial charge in [0.05, 0.1) is 12.2 Å². The highest BCUT2D eigenvalue weighted by atomic mass is 79.9. The summed E-state index contributed by atoms with van der Waals surface area (Å²) in [6, 6.07) is 3.61. The van der Waals surface area contributed by atoms with Crippen LogP contribution in [0.1, 0.15) is 30.0 Å². The molecule has 2 N–H and O–H groups in total. The topological polar surface area (TPSA) is 80.8 Å². The van der Waals surface area contributed by atoms with E-state index in [4.69, 9.17) is 15.5 Å². The Hall–Kier alpha value is -2.10. The fraction of sp³-hybridized carbons (Fsp3) is 0.316. The molecule has 4 rings (SSSR count). The van der Waals surface area contributed by atoms with Gasteiger partial charge in [-0.05, 0) is 24.6 Å². The van der Waals surface area contributed by atoms with E-state index in [1.54, 1.807) is 19.2 Å². The number of nitrogens with zero attached hydrogens (tertiary/aromatic N) is 3. The van der Waals surface area contributed by atoms with Crippen molar-refractivity contribution in [1.29, 1.82) is 0 Å². The molecule has 1 saturated heterocycles. The average molecular weight is 465 g/mol. The number of aromatic nitrogens is 1. The molecule has 0 saturated carbocycles. The molecule has 146 valence electrons. The smallest absolute Gasteiger partial charge is 0.338 e. The second-order valence-electron chi connectivity index (χ2n) is 6.51. The third-order valence-corrected chi connectivity index (χ3v) is 6.12. The number of esters is 1. The summed E-state index contributed by atoms with van der Waals surface area (Å²) >= 11 is 4.88. The molecule has 28 heavy (non-hydrogen) atoms. The van der Waals surface area contributed by atoms with E-state index < -0.39 is 12.0 Å². The van der Waals surface area contributed by atoms with Crippen LogP contribution in [-0.2, 0) is 9.53 Å². The first-order valence-corrected chi connectivity index (χ1v) is 10.5. The molecular formula is C19H18BrFN4O2S. The molecule has 0 spiro atoms. The van der Waals surface area contributed by atoms with Crippen molar-refractivity contribution >= 4 is 39.1 Å². The quantitative estimate of drug-likeness (QED) is 0.701. The van der Waals surface area contributed by atoms with Gasteiger partial charge >= 0.3 is 5.97 Å². The summed E-state index contributed by atoms with van der Waals surface area (Å²) in [4.78, 5) is 24.1. The minimum atomic E-state index is -0.635. The first-order chi connectivity index (χ1) is 13.5. The number of thiazole rings is 1. The lowest BCUT2D eigenvalue weighted by Gasteiger charge is -2.31. The highest BCUT2D eigenvalue weighted by Gasteiger charge is 2.41. The molecule has 0 aliphatic carbocycles. The minimum absolute atomic E-state index is 0.125. The summed E-state index contributed by atoms with van der Waals surface area (Å²) in [6.07, 6.45) is 2.25. The molecular weight excluding hydrogens is 447 g/mol. The second kappa shape index (κ2) is 7.73. The van der Waals surface area contributed by atoms with Crippen LogP contribution in [0.15, 0.2) is 50.5 Å². The Labute approximate surface area is 174 Å². The molecule has 0 bridgehead atoms. The number of amidine groups is 1. The average Bonchev–Trinajstić information content (AvgIpc) is 3.29. The van der Waals surface area contributed by atoms with Crippen molar-refractivity contribution in [3.63, 3.8) is 0 Å². The molecule has 2 aromatic rings. The van der Waals surface area contributed by atoms with Gasteiger partial charge in [-0.15, -0.1) is 11.3 Å². The van der Waals surface area contributed by atoms with Crippen LogP contribution in [0.3, 0.4) is 0 Å². The lowest BCUT2D eigenvalue weighted by atomic mass is 9.94.